The summed E-state index contributed by atoms with van der Waals surface area (Å²) in [4.78, 5) is 35.0. The molecule has 0 radical (unpaired) electrons. The second kappa shape index (κ2) is 8.39. The molecule has 2 aromatic rings. The summed E-state index contributed by atoms with van der Waals surface area (Å²) in [6, 6.07) is 4.98. The standard InChI is InChI=1S/C16H14Cl2N4O2S2/c1-2-22-14(24)11(26-16(22)21-15-19-6-7-25-15)8-12(23)20-10-5-3-4-9(17)13(10)18/h3-7,11H,2,8H2,1H3,(H,20,23). The SMILES string of the molecule is CCN1C(=O)C(CC(=O)Nc2cccc(Cl)c2Cl)SC1=Nc1nccs1. The molecule has 1 aliphatic heterocycles. The van der Waals surface area contributed by atoms with Gasteiger partial charge >= 0.3 is 0 Å². The summed E-state index contributed by atoms with van der Waals surface area (Å²) in [5.41, 5.74) is 0.420. The summed E-state index contributed by atoms with van der Waals surface area (Å²) in [6.45, 7) is 2.35. The second-order valence-corrected chi connectivity index (χ2v) is 8.08. The van der Waals surface area contributed by atoms with E-state index in [1.165, 1.54) is 23.1 Å². The van der Waals surface area contributed by atoms with Gasteiger partial charge in [-0.2, -0.15) is 4.99 Å². The van der Waals surface area contributed by atoms with Crippen LogP contribution in [0.5, 0.6) is 0 Å². The largest absolute Gasteiger partial charge is 0.325 e. The minimum absolute atomic E-state index is 0.0136. The molecule has 136 valence electrons. The Bertz CT molecular complexity index is 858. The smallest absolute Gasteiger partial charge is 0.242 e. The number of thiazole rings is 1. The highest BCUT2D eigenvalue weighted by Crippen LogP contribution is 2.33. The van der Waals surface area contributed by atoms with Gasteiger partial charge in [0.05, 0.1) is 15.7 Å². The third-order valence-corrected chi connectivity index (χ3v) is 6.20. The van der Waals surface area contributed by atoms with Crippen LogP contribution in [0.3, 0.4) is 0 Å². The van der Waals surface area contributed by atoms with Crippen LogP contribution in [0.2, 0.25) is 10.0 Å². The number of hydrogen-bond donors (Lipinski definition) is 1. The summed E-state index contributed by atoms with van der Waals surface area (Å²) in [7, 11) is 0. The Balaban J connectivity index is 1.70. The van der Waals surface area contributed by atoms with Crippen LogP contribution in [0.25, 0.3) is 0 Å². The van der Waals surface area contributed by atoms with E-state index in [2.05, 4.69) is 15.3 Å². The number of halogens is 2. The van der Waals surface area contributed by atoms with Gasteiger partial charge in [-0.25, -0.2) is 4.98 Å². The van der Waals surface area contributed by atoms with Crippen molar-refractivity contribution in [3.8, 4) is 0 Å². The van der Waals surface area contributed by atoms with Gasteiger partial charge in [0.15, 0.2) is 5.17 Å². The Labute approximate surface area is 168 Å². The molecular weight excluding hydrogens is 415 g/mol. The number of amides is 2. The number of nitrogens with one attached hydrogen (secondary N) is 1. The van der Waals surface area contributed by atoms with Crippen LogP contribution in [-0.4, -0.2) is 38.7 Å². The predicted molar refractivity (Wildman–Crippen MR) is 108 cm³/mol. The average molecular weight is 429 g/mol. The molecule has 1 saturated heterocycles. The molecular formula is C16H14Cl2N4O2S2. The first-order valence-corrected chi connectivity index (χ1v) is 10.2. The number of carbonyl (C=O) groups excluding carboxylic acids is 2. The number of hydrogen-bond acceptors (Lipinski definition) is 6. The first-order valence-electron chi connectivity index (χ1n) is 7.69. The Kier molecular flexibility index (Phi) is 6.18. The zero-order chi connectivity index (χ0) is 18.7. The van der Waals surface area contributed by atoms with Crippen LogP contribution >= 0.6 is 46.3 Å². The zero-order valence-corrected chi connectivity index (χ0v) is 16.8. The minimum atomic E-state index is -0.536. The van der Waals surface area contributed by atoms with Gasteiger partial charge in [-0.1, -0.05) is 41.0 Å². The predicted octanol–water partition coefficient (Wildman–Crippen LogP) is 4.43. The van der Waals surface area contributed by atoms with E-state index in [-0.39, 0.29) is 23.3 Å². The van der Waals surface area contributed by atoms with E-state index in [1.807, 2.05) is 12.3 Å². The van der Waals surface area contributed by atoms with E-state index < -0.39 is 5.25 Å². The molecule has 0 aliphatic carbocycles. The van der Waals surface area contributed by atoms with E-state index in [0.29, 0.717) is 27.6 Å². The quantitative estimate of drug-likeness (QED) is 0.763. The van der Waals surface area contributed by atoms with Crippen molar-refractivity contribution in [2.24, 2.45) is 4.99 Å². The van der Waals surface area contributed by atoms with Crippen LogP contribution in [-0.2, 0) is 9.59 Å². The van der Waals surface area contributed by atoms with Crippen molar-refractivity contribution in [3.63, 3.8) is 0 Å². The summed E-state index contributed by atoms with van der Waals surface area (Å²) in [5.74, 6) is -0.452. The second-order valence-electron chi connectivity index (χ2n) is 5.25. The molecule has 1 atom stereocenters. The number of aliphatic imine (C=N–C) groups is 1. The van der Waals surface area contributed by atoms with Crippen molar-refractivity contribution in [3.05, 3.63) is 39.8 Å². The normalized spacial score (nSPS) is 18.6. The lowest BCUT2D eigenvalue weighted by Gasteiger charge is -2.13. The van der Waals surface area contributed by atoms with Crippen molar-refractivity contribution in [1.82, 2.24) is 9.88 Å². The number of rotatable bonds is 5. The fraction of sp³-hybridized carbons (Fsp3) is 0.250. The van der Waals surface area contributed by atoms with Crippen molar-refractivity contribution < 1.29 is 9.59 Å². The zero-order valence-electron chi connectivity index (χ0n) is 13.6. The molecule has 1 aromatic carbocycles. The van der Waals surface area contributed by atoms with Gasteiger partial charge in [0.25, 0.3) is 0 Å². The lowest BCUT2D eigenvalue weighted by atomic mass is 10.2. The number of nitrogens with zero attached hydrogens (tertiary/aromatic N) is 3. The molecule has 10 heteroatoms. The molecule has 2 heterocycles. The van der Waals surface area contributed by atoms with Gasteiger partial charge < -0.3 is 5.32 Å². The van der Waals surface area contributed by atoms with E-state index in [4.69, 9.17) is 23.2 Å². The molecule has 1 N–H and O–H groups in total. The Morgan fingerprint density at radius 3 is 2.92 bits per heavy atom. The third-order valence-electron chi connectivity index (χ3n) is 3.54. The number of anilines is 1. The lowest BCUT2D eigenvalue weighted by molar-refractivity contribution is -0.128. The topological polar surface area (TPSA) is 74.7 Å². The molecule has 1 aliphatic rings. The van der Waals surface area contributed by atoms with Gasteiger partial charge in [-0.05, 0) is 19.1 Å². The number of aromatic nitrogens is 1. The first-order chi connectivity index (χ1) is 12.5. The molecule has 1 aromatic heterocycles. The van der Waals surface area contributed by atoms with Gasteiger partial charge in [-0.3, -0.25) is 14.5 Å². The highest BCUT2D eigenvalue weighted by Gasteiger charge is 2.38. The molecule has 26 heavy (non-hydrogen) atoms. The summed E-state index contributed by atoms with van der Waals surface area (Å²) in [6.07, 6.45) is 1.67. The van der Waals surface area contributed by atoms with Crippen LogP contribution in [0.15, 0.2) is 34.8 Å². The van der Waals surface area contributed by atoms with Gasteiger partial charge in [0.2, 0.25) is 16.9 Å². The molecule has 1 unspecified atom stereocenters. The van der Waals surface area contributed by atoms with Gasteiger partial charge in [0.1, 0.15) is 5.25 Å². The Hall–Kier alpha value is -1.61. The van der Waals surface area contributed by atoms with Crippen LogP contribution in [0.4, 0.5) is 10.8 Å². The van der Waals surface area contributed by atoms with Crippen molar-refractivity contribution >= 4 is 74.1 Å². The van der Waals surface area contributed by atoms with Crippen molar-refractivity contribution in [2.45, 2.75) is 18.6 Å². The summed E-state index contributed by atoms with van der Waals surface area (Å²) < 4.78 is 0. The minimum Gasteiger partial charge on any atom is -0.325 e. The Morgan fingerprint density at radius 1 is 1.42 bits per heavy atom. The molecule has 0 spiro atoms. The molecule has 0 saturated carbocycles. The average Bonchev–Trinajstić information content (AvgIpc) is 3.21. The van der Waals surface area contributed by atoms with E-state index in [1.54, 1.807) is 29.3 Å². The van der Waals surface area contributed by atoms with E-state index in [9.17, 15) is 9.59 Å². The molecule has 2 amide bonds. The maximum atomic E-state index is 12.6. The van der Waals surface area contributed by atoms with E-state index in [0.717, 1.165) is 0 Å². The van der Waals surface area contributed by atoms with Gasteiger partial charge in [0, 0.05) is 24.5 Å². The third kappa shape index (κ3) is 4.20. The molecule has 0 bridgehead atoms. The molecule has 1 fully saturated rings. The summed E-state index contributed by atoms with van der Waals surface area (Å²) >= 11 is 14.7. The lowest BCUT2D eigenvalue weighted by Crippen LogP contribution is -2.33. The number of thioether (sulfide) groups is 1. The number of benzene rings is 1. The highest BCUT2D eigenvalue weighted by atomic mass is 35.5. The van der Waals surface area contributed by atoms with Crippen LogP contribution in [0.1, 0.15) is 13.3 Å². The highest BCUT2D eigenvalue weighted by molar-refractivity contribution is 8.15. The van der Waals surface area contributed by atoms with Crippen molar-refractivity contribution in [2.75, 3.05) is 11.9 Å². The fourth-order valence-corrected chi connectivity index (χ4v) is 4.45. The van der Waals surface area contributed by atoms with Crippen LogP contribution < -0.4 is 5.32 Å². The first kappa shape index (κ1) is 19.2. The molecule has 3 rings (SSSR count). The number of amidine groups is 1. The van der Waals surface area contributed by atoms with Crippen LogP contribution in [0, 0.1) is 0 Å². The molecule has 6 nitrogen and oxygen atoms in total. The van der Waals surface area contributed by atoms with Crippen molar-refractivity contribution in [1.29, 1.82) is 0 Å². The fourth-order valence-electron chi connectivity index (χ4n) is 2.34. The maximum absolute atomic E-state index is 12.6. The van der Waals surface area contributed by atoms with Gasteiger partial charge in [-0.15, -0.1) is 11.3 Å². The maximum Gasteiger partial charge on any atom is 0.242 e. The van der Waals surface area contributed by atoms with E-state index >= 15 is 0 Å². The summed E-state index contributed by atoms with van der Waals surface area (Å²) in [5, 5.41) is 5.75. The Morgan fingerprint density at radius 2 is 2.23 bits per heavy atom. The monoisotopic (exact) mass is 428 g/mol. The number of carbonyl (C=O) groups is 2.